The first-order valence-electron chi connectivity index (χ1n) is 8.60. The first-order valence-corrected chi connectivity index (χ1v) is 8.60. The lowest BCUT2D eigenvalue weighted by atomic mass is 9.94. The van der Waals surface area contributed by atoms with Crippen molar-refractivity contribution in [3.63, 3.8) is 0 Å². The van der Waals surface area contributed by atoms with E-state index in [4.69, 9.17) is 4.52 Å². The molecule has 0 radical (unpaired) electrons. The fourth-order valence-electron chi connectivity index (χ4n) is 3.76. The Bertz CT molecular complexity index is 722. The Morgan fingerprint density at radius 1 is 1.12 bits per heavy atom. The van der Waals surface area contributed by atoms with Crippen LogP contribution in [-0.4, -0.2) is 33.5 Å². The number of carbonyl (C=O) groups excluding carboxylic acids is 1. The average Bonchev–Trinajstić information content (AvgIpc) is 3.23. The van der Waals surface area contributed by atoms with Crippen molar-refractivity contribution in [2.75, 3.05) is 6.54 Å². The molecule has 1 amide bonds. The van der Waals surface area contributed by atoms with Gasteiger partial charge in [0.2, 0.25) is 5.91 Å². The molecule has 24 heavy (non-hydrogen) atoms. The van der Waals surface area contributed by atoms with Crippen LogP contribution in [0.4, 0.5) is 4.39 Å². The lowest BCUT2D eigenvalue weighted by Crippen LogP contribution is -2.37. The maximum atomic E-state index is 13.0. The van der Waals surface area contributed by atoms with E-state index < -0.39 is 0 Å². The fraction of sp³-hybridized carbons (Fsp3) is 0.500. The van der Waals surface area contributed by atoms with E-state index in [1.165, 1.54) is 31.4 Å². The molecular formula is C18H20FN3O2. The number of halogens is 1. The van der Waals surface area contributed by atoms with Crippen molar-refractivity contribution in [3.8, 4) is 11.5 Å². The van der Waals surface area contributed by atoms with Crippen LogP contribution in [0.3, 0.4) is 0 Å². The number of nitrogens with zero attached hydrogens (tertiary/aromatic N) is 3. The Balaban J connectivity index is 1.48. The van der Waals surface area contributed by atoms with Gasteiger partial charge in [0.05, 0.1) is 0 Å². The number of carbonyl (C=O) groups is 1. The number of amides is 1. The SMILES string of the molecule is O=C1CC(c2noc(-c3ccc(F)cc3)n2)CN1C1CCCCC1. The second-order valence-corrected chi connectivity index (χ2v) is 6.70. The van der Waals surface area contributed by atoms with Crippen LogP contribution >= 0.6 is 0 Å². The highest BCUT2D eigenvalue weighted by Gasteiger charge is 2.37. The van der Waals surface area contributed by atoms with E-state index in [0.717, 1.165) is 12.8 Å². The third-order valence-corrected chi connectivity index (χ3v) is 5.07. The van der Waals surface area contributed by atoms with Gasteiger partial charge in [-0.3, -0.25) is 4.79 Å². The predicted molar refractivity (Wildman–Crippen MR) is 85.6 cm³/mol. The molecule has 5 nitrogen and oxygen atoms in total. The standard InChI is InChI=1S/C18H20FN3O2/c19-14-8-6-12(7-9-14)18-20-17(21-24-18)13-10-16(23)22(11-13)15-4-2-1-3-5-15/h6-9,13,15H,1-5,10-11H2. The van der Waals surface area contributed by atoms with Crippen molar-refractivity contribution >= 4 is 5.91 Å². The minimum absolute atomic E-state index is 0.0163. The molecule has 2 heterocycles. The van der Waals surface area contributed by atoms with Crippen LogP contribution in [-0.2, 0) is 4.79 Å². The van der Waals surface area contributed by atoms with Crippen molar-refractivity contribution in [1.29, 1.82) is 0 Å². The largest absolute Gasteiger partial charge is 0.339 e. The summed E-state index contributed by atoms with van der Waals surface area (Å²) in [5.74, 6) is 0.815. The summed E-state index contributed by atoms with van der Waals surface area (Å²) in [6, 6.07) is 6.33. The topological polar surface area (TPSA) is 59.2 Å². The lowest BCUT2D eigenvalue weighted by Gasteiger charge is -2.31. The third-order valence-electron chi connectivity index (χ3n) is 5.07. The molecule has 126 valence electrons. The summed E-state index contributed by atoms with van der Waals surface area (Å²) in [5.41, 5.74) is 0.684. The Labute approximate surface area is 139 Å². The van der Waals surface area contributed by atoms with Crippen LogP contribution < -0.4 is 0 Å². The summed E-state index contributed by atoms with van der Waals surface area (Å²) in [6.07, 6.45) is 6.33. The zero-order valence-corrected chi connectivity index (χ0v) is 13.4. The molecule has 1 aromatic heterocycles. The predicted octanol–water partition coefficient (Wildman–Crippen LogP) is 3.52. The van der Waals surface area contributed by atoms with E-state index in [0.29, 0.717) is 36.3 Å². The first kappa shape index (κ1) is 15.3. The van der Waals surface area contributed by atoms with Crippen molar-refractivity contribution < 1.29 is 13.7 Å². The quantitative estimate of drug-likeness (QED) is 0.864. The van der Waals surface area contributed by atoms with Crippen LogP contribution in [0.1, 0.15) is 50.3 Å². The van der Waals surface area contributed by atoms with Gasteiger partial charge in [-0.15, -0.1) is 0 Å². The molecule has 0 N–H and O–H groups in total. The van der Waals surface area contributed by atoms with Gasteiger partial charge >= 0.3 is 0 Å². The average molecular weight is 329 g/mol. The Hall–Kier alpha value is -2.24. The smallest absolute Gasteiger partial charge is 0.257 e. The lowest BCUT2D eigenvalue weighted by molar-refractivity contribution is -0.130. The summed E-state index contributed by atoms with van der Waals surface area (Å²) in [6.45, 7) is 0.673. The number of likely N-dealkylation sites (tertiary alicyclic amines) is 1. The van der Waals surface area contributed by atoms with Crippen molar-refractivity contribution in [1.82, 2.24) is 15.0 Å². The van der Waals surface area contributed by atoms with Gasteiger partial charge in [0.15, 0.2) is 5.82 Å². The molecular weight excluding hydrogens is 309 g/mol. The Morgan fingerprint density at radius 3 is 2.62 bits per heavy atom. The molecule has 1 saturated heterocycles. The molecule has 1 unspecified atom stereocenters. The van der Waals surface area contributed by atoms with Gasteiger partial charge in [-0.2, -0.15) is 4.98 Å². The maximum absolute atomic E-state index is 13.0. The van der Waals surface area contributed by atoms with Gasteiger partial charge in [0.1, 0.15) is 5.82 Å². The molecule has 4 rings (SSSR count). The number of hydrogen-bond donors (Lipinski definition) is 0. The van der Waals surface area contributed by atoms with Crippen molar-refractivity contribution in [3.05, 3.63) is 35.9 Å². The summed E-state index contributed by atoms with van der Waals surface area (Å²) >= 11 is 0. The van der Waals surface area contributed by atoms with Gasteiger partial charge in [-0.05, 0) is 37.1 Å². The number of aromatic nitrogens is 2. The van der Waals surface area contributed by atoms with Gasteiger partial charge < -0.3 is 9.42 Å². The molecule has 1 aliphatic heterocycles. The zero-order valence-electron chi connectivity index (χ0n) is 13.4. The molecule has 1 saturated carbocycles. The molecule has 2 aromatic rings. The van der Waals surface area contributed by atoms with Crippen molar-refractivity contribution in [2.24, 2.45) is 0 Å². The van der Waals surface area contributed by atoms with Gasteiger partial charge in [-0.25, -0.2) is 4.39 Å². The molecule has 0 bridgehead atoms. The molecule has 2 aliphatic rings. The van der Waals surface area contributed by atoms with E-state index in [2.05, 4.69) is 10.1 Å². The summed E-state index contributed by atoms with van der Waals surface area (Å²) < 4.78 is 18.3. The van der Waals surface area contributed by atoms with E-state index >= 15 is 0 Å². The van der Waals surface area contributed by atoms with Gasteiger partial charge in [-0.1, -0.05) is 24.4 Å². The van der Waals surface area contributed by atoms with E-state index in [1.54, 1.807) is 12.1 Å². The highest BCUT2D eigenvalue weighted by atomic mass is 19.1. The summed E-state index contributed by atoms with van der Waals surface area (Å²) in [7, 11) is 0. The Kier molecular flexibility index (Phi) is 4.04. The summed E-state index contributed by atoms with van der Waals surface area (Å²) in [5, 5.41) is 4.05. The molecule has 1 atom stereocenters. The van der Waals surface area contributed by atoms with E-state index in [-0.39, 0.29) is 17.6 Å². The normalized spacial score (nSPS) is 22.3. The number of hydrogen-bond acceptors (Lipinski definition) is 4. The molecule has 1 aromatic carbocycles. The second-order valence-electron chi connectivity index (χ2n) is 6.70. The summed E-state index contributed by atoms with van der Waals surface area (Å²) in [4.78, 5) is 18.8. The number of benzene rings is 1. The third kappa shape index (κ3) is 2.92. The molecule has 2 fully saturated rings. The molecule has 0 spiro atoms. The van der Waals surface area contributed by atoms with Gasteiger partial charge in [0.25, 0.3) is 5.89 Å². The van der Waals surface area contributed by atoms with Crippen LogP contribution in [0, 0.1) is 5.82 Å². The van der Waals surface area contributed by atoms with Crippen LogP contribution in [0.2, 0.25) is 0 Å². The maximum Gasteiger partial charge on any atom is 0.257 e. The van der Waals surface area contributed by atoms with Crippen LogP contribution in [0.15, 0.2) is 28.8 Å². The van der Waals surface area contributed by atoms with Crippen LogP contribution in [0.25, 0.3) is 11.5 Å². The first-order chi connectivity index (χ1) is 11.7. The van der Waals surface area contributed by atoms with Crippen LogP contribution in [0.5, 0.6) is 0 Å². The monoisotopic (exact) mass is 329 g/mol. The Morgan fingerprint density at radius 2 is 1.88 bits per heavy atom. The zero-order chi connectivity index (χ0) is 16.5. The number of rotatable bonds is 3. The highest BCUT2D eigenvalue weighted by molar-refractivity contribution is 5.80. The molecule has 1 aliphatic carbocycles. The highest BCUT2D eigenvalue weighted by Crippen LogP contribution is 2.33. The minimum Gasteiger partial charge on any atom is -0.339 e. The van der Waals surface area contributed by atoms with Gasteiger partial charge in [0, 0.05) is 30.5 Å². The van der Waals surface area contributed by atoms with Crippen molar-refractivity contribution in [2.45, 2.75) is 50.5 Å². The van der Waals surface area contributed by atoms with E-state index in [9.17, 15) is 9.18 Å². The van der Waals surface area contributed by atoms with E-state index in [1.807, 2.05) is 4.90 Å². The second kappa shape index (κ2) is 6.34. The minimum atomic E-state index is -0.303. The fourth-order valence-corrected chi connectivity index (χ4v) is 3.76. The molecule has 6 heteroatoms.